The molecule has 4 nitrogen and oxygen atoms in total. The molecule has 0 saturated carbocycles. The van der Waals surface area contributed by atoms with E-state index >= 15 is 0 Å². The van der Waals surface area contributed by atoms with Crippen molar-refractivity contribution in [3.8, 4) is 0 Å². The third kappa shape index (κ3) is 31.5. The topological polar surface area (TPSA) is 36.9 Å². The first-order valence-electron chi connectivity index (χ1n) is 20.3. The molecule has 2 unspecified atom stereocenters. The Morgan fingerprint density at radius 3 is 1.27 bits per heavy atom. The van der Waals surface area contributed by atoms with E-state index in [0.717, 1.165) is 37.5 Å². The summed E-state index contributed by atoms with van der Waals surface area (Å²) in [6, 6.07) is 0. The largest absolute Gasteiger partial charge is 0.350 e. The number of allylic oxidation sites excluding steroid dienone is 12. The van der Waals surface area contributed by atoms with Crippen LogP contribution in [0.2, 0.25) is 0 Å². The molecule has 0 saturated heterocycles. The Morgan fingerprint density at radius 1 is 0.481 bits per heavy atom. The summed E-state index contributed by atoms with van der Waals surface area (Å²) in [7, 11) is 6.67. The van der Waals surface area contributed by atoms with E-state index in [9.17, 15) is 0 Å². The zero-order valence-corrected chi connectivity index (χ0v) is 37.3. The highest BCUT2D eigenvalue weighted by Crippen LogP contribution is 2.21. The summed E-state index contributed by atoms with van der Waals surface area (Å²) in [5, 5.41) is 0. The molecule has 0 spiro atoms. The fourth-order valence-corrected chi connectivity index (χ4v) is 5.77. The van der Waals surface area contributed by atoms with E-state index in [1.807, 2.05) is 26.0 Å². The summed E-state index contributed by atoms with van der Waals surface area (Å²) in [4.78, 5) is 0. The Labute approximate surface area is 325 Å². The minimum absolute atomic E-state index is 0.607. The predicted octanol–water partition coefficient (Wildman–Crippen LogP) is 15.0. The van der Waals surface area contributed by atoms with Crippen molar-refractivity contribution in [2.45, 2.75) is 185 Å². The van der Waals surface area contributed by atoms with Crippen LogP contribution in [0, 0.1) is 11.8 Å². The summed E-state index contributed by atoms with van der Waals surface area (Å²) in [6.07, 6.45) is 34.9. The van der Waals surface area contributed by atoms with E-state index in [4.69, 9.17) is 18.9 Å². The molecule has 0 aliphatic rings. The molecular weight excluding hydrogens is 641 g/mol. The first-order valence-corrected chi connectivity index (χ1v) is 20.3. The van der Waals surface area contributed by atoms with Crippen LogP contribution in [0.3, 0.4) is 0 Å². The van der Waals surface area contributed by atoms with Gasteiger partial charge in [0.1, 0.15) is 0 Å². The Bertz CT molecular complexity index is 1110. The van der Waals surface area contributed by atoms with Gasteiger partial charge in [-0.1, -0.05) is 96.6 Å². The highest BCUT2D eigenvalue weighted by molar-refractivity contribution is 5.14. The summed E-state index contributed by atoms with van der Waals surface area (Å²) in [5.41, 5.74) is 8.60. The van der Waals surface area contributed by atoms with Crippen molar-refractivity contribution >= 4 is 0 Å². The highest BCUT2D eigenvalue weighted by Gasteiger charge is 2.19. The van der Waals surface area contributed by atoms with Gasteiger partial charge >= 0.3 is 0 Å². The smallest absolute Gasteiger partial charge is 0.184 e. The molecule has 0 rings (SSSR count). The van der Waals surface area contributed by atoms with E-state index < -0.39 is 11.6 Å². The van der Waals surface area contributed by atoms with Crippen LogP contribution in [0.5, 0.6) is 0 Å². The molecule has 0 heterocycles. The number of methoxy groups -OCH3 is 4. The molecule has 0 N–H and O–H groups in total. The quantitative estimate of drug-likeness (QED) is 0.0480. The van der Waals surface area contributed by atoms with Crippen molar-refractivity contribution in [1.82, 2.24) is 0 Å². The summed E-state index contributed by atoms with van der Waals surface area (Å²) in [6.45, 7) is 26.2. The molecule has 2 atom stereocenters. The van der Waals surface area contributed by atoms with Crippen molar-refractivity contribution in [2.75, 3.05) is 28.4 Å². The Hall–Kier alpha value is -1.98. The first kappa shape index (κ1) is 52.1. The molecule has 0 radical (unpaired) electrons. The maximum absolute atomic E-state index is 5.38. The summed E-state index contributed by atoms with van der Waals surface area (Å²) >= 11 is 0. The fourth-order valence-electron chi connectivity index (χ4n) is 5.77. The number of hydrogen-bond donors (Lipinski definition) is 0. The second kappa shape index (κ2) is 31.4. The molecule has 0 aromatic rings. The Kier molecular flexibility index (Phi) is 31.5. The monoisotopic (exact) mass is 727 g/mol. The van der Waals surface area contributed by atoms with Crippen molar-refractivity contribution < 1.29 is 18.9 Å². The molecule has 0 aliphatic heterocycles. The van der Waals surface area contributed by atoms with Gasteiger partial charge in [-0.25, -0.2) is 0 Å². The molecule has 0 bridgehead atoms. The second-order valence-electron chi connectivity index (χ2n) is 16.1. The lowest BCUT2D eigenvalue weighted by Gasteiger charge is -2.23. The molecule has 0 aliphatic carbocycles. The van der Waals surface area contributed by atoms with Crippen molar-refractivity contribution in [3.05, 3.63) is 82.0 Å². The summed E-state index contributed by atoms with van der Waals surface area (Å²) in [5.74, 6) is 0.408. The SMILES string of the molecule is COC(C)(C=C(C)CCC=C(C)CCCC(C)CCC=C(C)C)OC.COC(C)(C=CC=C(C)CCC=C(C)CCCC(C)CCC=C(C)C)OC. The maximum Gasteiger partial charge on any atom is 0.184 e. The van der Waals surface area contributed by atoms with Gasteiger partial charge in [-0.3, -0.25) is 0 Å². The van der Waals surface area contributed by atoms with Gasteiger partial charge in [0.05, 0.1) is 0 Å². The molecule has 52 heavy (non-hydrogen) atoms. The zero-order chi connectivity index (χ0) is 40.0. The van der Waals surface area contributed by atoms with Crippen LogP contribution in [0.4, 0.5) is 0 Å². The van der Waals surface area contributed by atoms with Gasteiger partial charge in [0, 0.05) is 28.4 Å². The predicted molar refractivity (Wildman–Crippen MR) is 231 cm³/mol. The van der Waals surface area contributed by atoms with Gasteiger partial charge in [0.25, 0.3) is 0 Å². The average molecular weight is 727 g/mol. The average Bonchev–Trinajstić information content (AvgIpc) is 3.08. The number of hydrogen-bond acceptors (Lipinski definition) is 4. The van der Waals surface area contributed by atoms with Crippen molar-refractivity contribution in [2.24, 2.45) is 11.8 Å². The fraction of sp³-hybridized carbons (Fsp3) is 0.708. The molecule has 0 aromatic heterocycles. The molecular formula is C48H86O4. The third-order valence-electron chi connectivity index (χ3n) is 9.93. The molecule has 0 aromatic carbocycles. The minimum Gasteiger partial charge on any atom is -0.350 e. The van der Waals surface area contributed by atoms with Crippen molar-refractivity contribution in [3.63, 3.8) is 0 Å². The van der Waals surface area contributed by atoms with Gasteiger partial charge in [0.2, 0.25) is 0 Å². The maximum atomic E-state index is 5.38. The standard InChI is InChI=1S/C25H44O2.C23H42O2/c1-21(2)13-9-14-22(3)15-10-16-23(4)17-11-18-24(5)19-12-20-25(6,26-7)27-8;1-19(2)12-9-13-20(3)14-10-15-21(4)16-11-17-22(5)18-23(6,24-7)25-8/h12-13,17,19-20,22H,9-11,14-16,18H2,1-8H3;12,16,18,20H,9-11,13-15,17H2,1-8H3. The van der Waals surface area contributed by atoms with Crippen LogP contribution in [-0.2, 0) is 18.9 Å². The van der Waals surface area contributed by atoms with Gasteiger partial charge in [-0.05, 0) is 170 Å². The van der Waals surface area contributed by atoms with Gasteiger partial charge in [0.15, 0.2) is 11.6 Å². The minimum atomic E-state index is -0.643. The van der Waals surface area contributed by atoms with E-state index in [1.54, 1.807) is 28.4 Å². The number of ether oxygens (including phenoxy) is 4. The van der Waals surface area contributed by atoms with Crippen LogP contribution in [0.15, 0.2) is 82.0 Å². The van der Waals surface area contributed by atoms with Crippen LogP contribution < -0.4 is 0 Å². The first-order chi connectivity index (χ1) is 24.4. The van der Waals surface area contributed by atoms with E-state index in [-0.39, 0.29) is 0 Å². The van der Waals surface area contributed by atoms with E-state index in [2.05, 4.69) is 106 Å². The molecule has 0 amide bonds. The van der Waals surface area contributed by atoms with Crippen LogP contribution in [0.25, 0.3) is 0 Å². The van der Waals surface area contributed by atoms with Crippen LogP contribution in [-0.4, -0.2) is 40.0 Å². The van der Waals surface area contributed by atoms with Gasteiger partial charge in [-0.15, -0.1) is 0 Å². The third-order valence-corrected chi connectivity index (χ3v) is 9.93. The van der Waals surface area contributed by atoms with Crippen LogP contribution in [0.1, 0.15) is 173 Å². The molecule has 302 valence electrons. The highest BCUT2D eigenvalue weighted by atomic mass is 16.7. The van der Waals surface area contributed by atoms with Gasteiger partial charge in [-0.2, -0.15) is 0 Å². The van der Waals surface area contributed by atoms with E-state index in [0.29, 0.717) is 0 Å². The van der Waals surface area contributed by atoms with Crippen molar-refractivity contribution in [1.29, 1.82) is 0 Å². The molecule has 0 fully saturated rings. The normalized spacial score (nSPS) is 14.6. The lowest BCUT2D eigenvalue weighted by molar-refractivity contribution is -0.156. The van der Waals surface area contributed by atoms with E-state index in [1.165, 1.54) is 97.6 Å². The lowest BCUT2D eigenvalue weighted by Crippen LogP contribution is -2.27. The Morgan fingerprint density at radius 2 is 0.885 bits per heavy atom. The summed E-state index contributed by atoms with van der Waals surface area (Å²) < 4.78 is 21.4. The zero-order valence-electron chi connectivity index (χ0n) is 37.3. The number of rotatable bonds is 27. The lowest BCUT2D eigenvalue weighted by atomic mass is 9.96. The molecule has 4 heteroatoms. The van der Waals surface area contributed by atoms with Gasteiger partial charge < -0.3 is 18.9 Å². The van der Waals surface area contributed by atoms with Crippen LogP contribution >= 0.6 is 0 Å². The second-order valence-corrected chi connectivity index (χ2v) is 16.1. The Balaban J connectivity index is 0.